The number of ether oxygens (including phenoxy) is 1. The maximum absolute atomic E-state index is 9.82. The Kier molecular flexibility index (Phi) is 102. The van der Waals surface area contributed by atoms with Gasteiger partial charge in [0, 0.05) is 6.92 Å². The Morgan fingerprint density at radius 3 is 0.333 bits per heavy atom. The Balaban J connectivity index is -0.000000165. The first kappa shape index (κ1) is 76.9. The van der Waals surface area contributed by atoms with Gasteiger partial charge in [0.25, 0.3) is 0 Å². The minimum Gasteiger partial charge on any atom is -0.466 e. The predicted molar refractivity (Wildman–Crippen MR) is 310 cm³/mol. The van der Waals surface area contributed by atoms with Gasteiger partial charge in [-0.05, 0) is 6.92 Å². The summed E-state index contributed by atoms with van der Waals surface area (Å²) in [4.78, 5) is 9.82. The molecule has 0 saturated heterocycles. The van der Waals surface area contributed by atoms with Crippen molar-refractivity contribution in [3.8, 4) is 0 Å². The first-order chi connectivity index (χ1) is 32.3. The molecule has 0 aromatic heterocycles. The largest absolute Gasteiger partial charge is 0.466 e. The van der Waals surface area contributed by atoms with Crippen LogP contribution >= 0.6 is 0 Å². The average Bonchev–Trinajstić information content (AvgIpc) is 3.32. The van der Waals surface area contributed by atoms with Crippen molar-refractivity contribution in [1.29, 1.82) is 0 Å². The average molecular weight is 940 g/mol. The molecule has 0 aliphatic heterocycles. The van der Waals surface area contributed by atoms with Gasteiger partial charge in [-0.2, -0.15) is 0 Å². The van der Waals surface area contributed by atoms with Gasteiger partial charge in [-0.15, -0.1) is 0 Å². The number of hydrogen-bond donors (Lipinski definition) is 0. The van der Waals surface area contributed by atoms with Gasteiger partial charge in [-0.1, -0.05) is 390 Å². The number of carbonyl (C=O) groups is 1. The first-order valence-electron chi connectivity index (χ1n) is 31.5. The molecule has 0 aliphatic rings. The molecule has 0 aliphatic carbocycles. The van der Waals surface area contributed by atoms with Gasteiger partial charge in [0.05, 0.1) is 6.61 Å². The minimum absolute atomic E-state index is 0.211. The maximum atomic E-state index is 9.82. The molecular weight excluding hydrogens is 801 g/mol. The molecule has 0 radical (unpaired) electrons. The van der Waals surface area contributed by atoms with E-state index < -0.39 is 0 Å². The molecule has 0 aromatic rings. The molecule has 0 N–H and O–H groups in total. The fraction of sp³-hybridized carbons (Fsp3) is 0.984. The fourth-order valence-corrected chi connectivity index (χ4v) is 8.01. The Morgan fingerprint density at radius 2 is 0.288 bits per heavy atom. The maximum Gasteiger partial charge on any atom is 0.302 e. The molecule has 0 rings (SSSR count). The lowest BCUT2D eigenvalue weighted by Gasteiger charge is -1.99. The van der Waals surface area contributed by atoms with E-state index in [2.05, 4.69) is 74.0 Å². The molecule has 0 spiro atoms. The Hall–Kier alpha value is -0.530. The lowest BCUT2D eigenvalue weighted by atomic mass is 10.1. The van der Waals surface area contributed by atoms with E-state index in [-0.39, 0.29) is 5.97 Å². The molecule has 0 amide bonds. The van der Waals surface area contributed by atoms with Crippen LogP contribution in [-0.2, 0) is 9.53 Å². The van der Waals surface area contributed by atoms with Crippen molar-refractivity contribution in [3.05, 3.63) is 0 Å². The molecule has 66 heavy (non-hydrogen) atoms. The molecule has 0 heterocycles. The van der Waals surface area contributed by atoms with E-state index in [0.717, 1.165) is 0 Å². The molecule has 406 valence electrons. The normalized spacial score (nSPS) is 10.2. The van der Waals surface area contributed by atoms with Crippen LogP contribution in [0.15, 0.2) is 0 Å². The topological polar surface area (TPSA) is 26.3 Å². The molecule has 0 bridgehead atoms. The lowest BCUT2D eigenvalue weighted by molar-refractivity contribution is -0.140. The highest BCUT2D eigenvalue weighted by molar-refractivity contribution is 5.65. The van der Waals surface area contributed by atoms with Gasteiger partial charge in [-0.3, -0.25) is 4.79 Å². The van der Waals surface area contributed by atoms with Crippen LogP contribution in [0.2, 0.25) is 0 Å². The van der Waals surface area contributed by atoms with Crippen molar-refractivity contribution >= 4 is 5.97 Å². The summed E-state index contributed by atoms with van der Waals surface area (Å²) in [5.41, 5.74) is 0. The second-order valence-corrected chi connectivity index (χ2v) is 20.1. The third-order valence-corrected chi connectivity index (χ3v) is 12.6. The van der Waals surface area contributed by atoms with Gasteiger partial charge in [0.1, 0.15) is 0 Å². The first-order valence-corrected chi connectivity index (χ1v) is 31.5. The third-order valence-electron chi connectivity index (χ3n) is 12.6. The summed E-state index contributed by atoms with van der Waals surface area (Å²) in [6, 6.07) is 0. The number of esters is 1. The highest BCUT2D eigenvalue weighted by atomic mass is 16.5. The van der Waals surface area contributed by atoms with Crippen LogP contribution in [0.25, 0.3) is 0 Å². The van der Waals surface area contributed by atoms with Crippen LogP contribution in [0.3, 0.4) is 0 Å². The number of carbonyl (C=O) groups excluding carboxylic acids is 1. The quantitative estimate of drug-likeness (QED) is 0.0449. The van der Waals surface area contributed by atoms with Gasteiger partial charge in [0.15, 0.2) is 0 Å². The summed E-state index contributed by atoms with van der Waals surface area (Å²) in [6.45, 7) is 26.4. The van der Waals surface area contributed by atoms with E-state index in [1.165, 1.54) is 328 Å². The summed E-state index contributed by atoms with van der Waals surface area (Å²) in [5.74, 6) is -0.211. The van der Waals surface area contributed by atoms with Gasteiger partial charge in [-0.25, -0.2) is 0 Å². The Bertz CT molecular complexity index is 522. The molecular formula is C64H138O2. The molecule has 0 aromatic carbocycles. The summed E-state index contributed by atoms with van der Waals surface area (Å²) in [5, 5.41) is 0. The van der Waals surface area contributed by atoms with E-state index in [0.29, 0.717) is 6.61 Å². The van der Waals surface area contributed by atoms with E-state index >= 15 is 0 Å². The number of unbranched alkanes of at least 4 members (excludes halogenated alkanes) is 45. The van der Waals surface area contributed by atoms with Gasteiger partial charge < -0.3 is 4.74 Å². The van der Waals surface area contributed by atoms with Crippen LogP contribution in [0.4, 0.5) is 0 Å². The molecule has 2 heteroatoms. The van der Waals surface area contributed by atoms with Crippen molar-refractivity contribution in [2.24, 2.45) is 0 Å². The zero-order valence-electron chi connectivity index (χ0n) is 49.4. The lowest BCUT2D eigenvalue weighted by Crippen LogP contribution is -1.95. The summed E-state index contributed by atoms with van der Waals surface area (Å²) < 4.78 is 4.40. The molecule has 0 fully saturated rings. The Labute approximate surface area is 424 Å². The van der Waals surface area contributed by atoms with E-state index in [1.54, 1.807) is 6.92 Å². The minimum atomic E-state index is -0.211. The summed E-state index contributed by atoms with van der Waals surface area (Å²) in [7, 11) is 0. The van der Waals surface area contributed by atoms with Crippen molar-refractivity contribution in [2.45, 2.75) is 404 Å². The second kappa shape index (κ2) is 87.5. The van der Waals surface area contributed by atoms with Gasteiger partial charge >= 0.3 is 5.97 Å². The van der Waals surface area contributed by atoms with Gasteiger partial charge in [0.2, 0.25) is 0 Å². The standard InChI is InChI=1S/5C12H26.C4H8O2/c5*1-3-5-7-9-11-12-10-8-6-4-2;1-3-6-4(2)5/h5*3-12H2,1-2H3;3H2,1-2H3. The Morgan fingerprint density at radius 1 is 0.197 bits per heavy atom. The predicted octanol–water partition coefficient (Wildman–Crippen LogP) is 25.2. The summed E-state index contributed by atoms with van der Waals surface area (Å²) in [6.07, 6.45) is 72.2. The second-order valence-electron chi connectivity index (χ2n) is 20.1. The molecule has 0 saturated carbocycles. The zero-order valence-corrected chi connectivity index (χ0v) is 49.4. The number of rotatable bonds is 46. The number of hydrogen-bond acceptors (Lipinski definition) is 2. The SMILES string of the molecule is CCCCCCCCCCCC.CCCCCCCCCCCC.CCCCCCCCCCCC.CCCCCCCCCCCC.CCCCCCCCCCCC.CCOC(C)=O. The van der Waals surface area contributed by atoms with E-state index in [4.69, 9.17) is 0 Å². The molecule has 0 unspecified atom stereocenters. The smallest absolute Gasteiger partial charge is 0.302 e. The van der Waals surface area contributed by atoms with E-state index in [9.17, 15) is 4.79 Å². The van der Waals surface area contributed by atoms with Crippen LogP contribution < -0.4 is 0 Å². The highest BCUT2D eigenvalue weighted by Gasteiger charge is 1.94. The summed E-state index contributed by atoms with van der Waals surface area (Å²) >= 11 is 0. The zero-order chi connectivity index (χ0) is 50.3. The van der Waals surface area contributed by atoms with Crippen LogP contribution in [0, 0.1) is 0 Å². The highest BCUT2D eigenvalue weighted by Crippen LogP contribution is 2.14. The molecule has 0 atom stereocenters. The van der Waals surface area contributed by atoms with Crippen LogP contribution in [-0.4, -0.2) is 12.6 Å². The van der Waals surface area contributed by atoms with Crippen molar-refractivity contribution < 1.29 is 9.53 Å². The monoisotopic (exact) mass is 939 g/mol. The van der Waals surface area contributed by atoms with Crippen LogP contribution in [0.1, 0.15) is 404 Å². The third kappa shape index (κ3) is 110. The molecule has 2 nitrogen and oxygen atoms in total. The van der Waals surface area contributed by atoms with Crippen molar-refractivity contribution in [2.75, 3.05) is 6.61 Å². The fourth-order valence-electron chi connectivity index (χ4n) is 8.01. The van der Waals surface area contributed by atoms with Crippen LogP contribution in [0.5, 0.6) is 0 Å². The van der Waals surface area contributed by atoms with E-state index in [1.807, 2.05) is 0 Å². The van der Waals surface area contributed by atoms with Crippen molar-refractivity contribution in [3.63, 3.8) is 0 Å². The van der Waals surface area contributed by atoms with Crippen molar-refractivity contribution in [1.82, 2.24) is 0 Å².